The molecule has 1 amide bonds. The van der Waals surface area contributed by atoms with Gasteiger partial charge in [0.25, 0.3) is 0 Å². The minimum Gasteiger partial charge on any atom is -0.504 e. The van der Waals surface area contributed by atoms with Crippen LogP contribution in [0.4, 0.5) is 0 Å². The summed E-state index contributed by atoms with van der Waals surface area (Å²) in [5, 5.41) is 30.3. The van der Waals surface area contributed by atoms with Gasteiger partial charge < -0.3 is 26.4 Å². The van der Waals surface area contributed by atoms with E-state index < -0.39 is 6.10 Å². The molecule has 0 aromatic heterocycles. The van der Waals surface area contributed by atoms with Crippen molar-refractivity contribution in [3.05, 3.63) is 29.8 Å². The summed E-state index contributed by atoms with van der Waals surface area (Å²) >= 11 is 0. The van der Waals surface area contributed by atoms with Crippen molar-refractivity contribution in [1.82, 2.24) is 5.32 Å². The third-order valence-electron chi connectivity index (χ3n) is 2.44. The van der Waals surface area contributed by atoms with Crippen LogP contribution < -0.4 is 11.1 Å². The van der Waals surface area contributed by atoms with Gasteiger partial charge in [0.15, 0.2) is 11.5 Å². The Kier molecular flexibility index (Phi) is 5.84. The number of hydrogen-bond donors (Lipinski definition) is 5. The molecule has 1 rings (SSSR count). The zero-order chi connectivity index (χ0) is 14.3. The maximum absolute atomic E-state index is 11.4. The highest BCUT2D eigenvalue weighted by atomic mass is 16.3. The molecule has 0 saturated carbocycles. The third-order valence-corrected chi connectivity index (χ3v) is 2.44. The monoisotopic (exact) mass is 266 g/mol. The highest BCUT2D eigenvalue weighted by molar-refractivity contribution is 5.91. The number of carbonyl (C=O) groups excluding carboxylic acids is 1. The topological polar surface area (TPSA) is 116 Å². The molecule has 0 bridgehead atoms. The van der Waals surface area contributed by atoms with E-state index in [0.29, 0.717) is 18.5 Å². The Balaban J connectivity index is 2.47. The molecule has 19 heavy (non-hydrogen) atoms. The van der Waals surface area contributed by atoms with Crippen LogP contribution in [0, 0.1) is 0 Å². The molecule has 1 aromatic rings. The van der Waals surface area contributed by atoms with Crippen molar-refractivity contribution in [3.8, 4) is 11.5 Å². The number of hydrogen-bond acceptors (Lipinski definition) is 5. The first-order chi connectivity index (χ1) is 9.02. The van der Waals surface area contributed by atoms with Crippen LogP contribution in [-0.4, -0.2) is 40.4 Å². The third kappa shape index (κ3) is 5.41. The summed E-state index contributed by atoms with van der Waals surface area (Å²) in [6.45, 7) is 0.501. The molecule has 6 N–H and O–H groups in total. The van der Waals surface area contributed by atoms with Crippen LogP contribution in [0.5, 0.6) is 11.5 Å². The number of aliphatic hydroxyl groups is 1. The van der Waals surface area contributed by atoms with E-state index >= 15 is 0 Å². The van der Waals surface area contributed by atoms with E-state index in [1.807, 2.05) is 0 Å². The molecule has 0 heterocycles. The standard InChI is InChI=1S/C13H18N2O4/c14-6-5-10(16)8-15-13(19)4-2-9-1-3-11(17)12(18)7-9/h1-4,7,10,16-18H,5-6,8,14H2,(H,15,19). The van der Waals surface area contributed by atoms with Gasteiger partial charge in [-0.1, -0.05) is 6.07 Å². The van der Waals surface area contributed by atoms with E-state index in [0.717, 1.165) is 0 Å². The number of nitrogens with one attached hydrogen (secondary N) is 1. The number of nitrogens with two attached hydrogens (primary N) is 1. The SMILES string of the molecule is NCCC(O)CNC(=O)C=Cc1ccc(O)c(O)c1. The second kappa shape index (κ2) is 7.40. The fraction of sp³-hybridized carbons (Fsp3) is 0.308. The number of rotatable bonds is 6. The molecule has 0 spiro atoms. The van der Waals surface area contributed by atoms with Gasteiger partial charge in [-0.25, -0.2) is 0 Å². The summed E-state index contributed by atoms with van der Waals surface area (Å²) in [7, 11) is 0. The zero-order valence-corrected chi connectivity index (χ0v) is 10.4. The number of aromatic hydroxyl groups is 2. The molecule has 0 saturated heterocycles. The number of amides is 1. The fourth-order valence-electron chi connectivity index (χ4n) is 1.39. The molecule has 0 radical (unpaired) electrons. The summed E-state index contributed by atoms with van der Waals surface area (Å²) in [6.07, 6.45) is 2.54. The van der Waals surface area contributed by atoms with Gasteiger partial charge in [-0.05, 0) is 36.7 Å². The number of phenols is 2. The Morgan fingerprint density at radius 3 is 2.74 bits per heavy atom. The molecular weight excluding hydrogens is 248 g/mol. The van der Waals surface area contributed by atoms with Gasteiger partial charge in [0.2, 0.25) is 5.91 Å². The number of phenolic OH excluding ortho intramolecular Hbond substituents is 2. The first-order valence-electron chi connectivity index (χ1n) is 5.89. The van der Waals surface area contributed by atoms with Gasteiger partial charge in [0, 0.05) is 12.6 Å². The average molecular weight is 266 g/mol. The Labute approximate surface area is 111 Å². The number of carbonyl (C=O) groups is 1. The van der Waals surface area contributed by atoms with Crippen molar-refractivity contribution in [2.75, 3.05) is 13.1 Å². The van der Waals surface area contributed by atoms with Crippen LogP contribution in [0.3, 0.4) is 0 Å². The quantitative estimate of drug-likeness (QED) is 0.365. The van der Waals surface area contributed by atoms with Gasteiger partial charge in [-0.3, -0.25) is 4.79 Å². The summed E-state index contributed by atoms with van der Waals surface area (Å²) in [5.74, 6) is -0.823. The molecule has 0 aliphatic carbocycles. The Morgan fingerprint density at radius 1 is 1.37 bits per heavy atom. The summed E-state index contributed by atoms with van der Waals surface area (Å²) < 4.78 is 0. The van der Waals surface area contributed by atoms with Gasteiger partial charge in [-0.15, -0.1) is 0 Å². The normalized spacial score (nSPS) is 12.5. The molecule has 0 aliphatic rings. The van der Waals surface area contributed by atoms with E-state index in [2.05, 4.69) is 5.32 Å². The van der Waals surface area contributed by atoms with Crippen molar-refractivity contribution in [3.63, 3.8) is 0 Å². The molecule has 0 fully saturated rings. The fourth-order valence-corrected chi connectivity index (χ4v) is 1.39. The van der Waals surface area contributed by atoms with Gasteiger partial charge in [0.1, 0.15) is 0 Å². The maximum Gasteiger partial charge on any atom is 0.244 e. The second-order valence-electron chi connectivity index (χ2n) is 4.06. The van der Waals surface area contributed by atoms with Crippen molar-refractivity contribution >= 4 is 12.0 Å². The van der Waals surface area contributed by atoms with Crippen molar-refractivity contribution in [1.29, 1.82) is 0 Å². The lowest BCUT2D eigenvalue weighted by atomic mass is 10.2. The van der Waals surface area contributed by atoms with E-state index in [9.17, 15) is 15.0 Å². The van der Waals surface area contributed by atoms with Crippen LogP contribution in [0.15, 0.2) is 24.3 Å². The first-order valence-corrected chi connectivity index (χ1v) is 5.89. The number of aliphatic hydroxyl groups excluding tert-OH is 1. The van der Waals surface area contributed by atoms with Crippen molar-refractivity contribution in [2.45, 2.75) is 12.5 Å². The van der Waals surface area contributed by atoms with Crippen LogP contribution >= 0.6 is 0 Å². The van der Waals surface area contributed by atoms with Crippen molar-refractivity contribution < 1.29 is 20.1 Å². The predicted molar refractivity (Wildman–Crippen MR) is 71.5 cm³/mol. The predicted octanol–water partition coefficient (Wildman–Crippen LogP) is -0.0631. The highest BCUT2D eigenvalue weighted by Gasteiger charge is 2.04. The smallest absolute Gasteiger partial charge is 0.244 e. The van der Waals surface area contributed by atoms with E-state index in [1.54, 1.807) is 6.07 Å². The zero-order valence-electron chi connectivity index (χ0n) is 10.4. The lowest BCUT2D eigenvalue weighted by Crippen LogP contribution is -2.32. The van der Waals surface area contributed by atoms with Gasteiger partial charge in [-0.2, -0.15) is 0 Å². The van der Waals surface area contributed by atoms with Crippen molar-refractivity contribution in [2.24, 2.45) is 5.73 Å². The lowest BCUT2D eigenvalue weighted by Gasteiger charge is -2.08. The van der Waals surface area contributed by atoms with Crippen LogP contribution in [0.25, 0.3) is 6.08 Å². The van der Waals surface area contributed by atoms with Gasteiger partial charge >= 0.3 is 0 Å². The Morgan fingerprint density at radius 2 is 2.11 bits per heavy atom. The van der Waals surface area contributed by atoms with Crippen LogP contribution in [0.2, 0.25) is 0 Å². The van der Waals surface area contributed by atoms with E-state index in [4.69, 9.17) is 10.8 Å². The minimum absolute atomic E-state index is 0.140. The first kappa shape index (κ1) is 15.0. The Hall–Kier alpha value is -2.05. The summed E-state index contributed by atoms with van der Waals surface area (Å²) in [4.78, 5) is 11.4. The molecular formula is C13H18N2O4. The van der Waals surface area contributed by atoms with Gasteiger partial charge in [0.05, 0.1) is 6.10 Å². The molecule has 1 aromatic carbocycles. The molecule has 6 nitrogen and oxygen atoms in total. The second-order valence-corrected chi connectivity index (χ2v) is 4.06. The summed E-state index contributed by atoms with van der Waals surface area (Å²) in [6, 6.07) is 4.22. The average Bonchev–Trinajstić information content (AvgIpc) is 2.38. The largest absolute Gasteiger partial charge is 0.504 e. The molecule has 1 unspecified atom stereocenters. The van der Waals surface area contributed by atoms with E-state index in [-0.39, 0.29) is 24.0 Å². The molecule has 0 aliphatic heterocycles. The van der Waals surface area contributed by atoms with E-state index in [1.165, 1.54) is 24.3 Å². The maximum atomic E-state index is 11.4. The molecule has 6 heteroatoms. The van der Waals surface area contributed by atoms with Crippen LogP contribution in [-0.2, 0) is 4.79 Å². The highest BCUT2D eigenvalue weighted by Crippen LogP contribution is 2.25. The minimum atomic E-state index is -0.653. The molecule has 1 atom stereocenters. The molecule has 104 valence electrons. The Bertz CT molecular complexity index is 460. The summed E-state index contributed by atoms with van der Waals surface area (Å²) in [5.41, 5.74) is 5.84. The van der Waals surface area contributed by atoms with Crippen LogP contribution in [0.1, 0.15) is 12.0 Å². The lowest BCUT2D eigenvalue weighted by molar-refractivity contribution is -0.116. The number of benzene rings is 1.